The molecule has 2 aliphatic carbocycles. The molecule has 0 amide bonds. The molecule has 2 fully saturated rings. The van der Waals surface area contributed by atoms with Gasteiger partial charge in [0.05, 0.1) is 10.4 Å². The van der Waals surface area contributed by atoms with Crippen LogP contribution in [0.3, 0.4) is 0 Å². The molecule has 20 heavy (non-hydrogen) atoms. The van der Waals surface area contributed by atoms with Crippen LogP contribution >= 0.6 is 11.6 Å². The number of carbonyl (C=O) groups is 1. The topological polar surface area (TPSA) is 46.5 Å². The molecule has 0 heterocycles. The summed E-state index contributed by atoms with van der Waals surface area (Å²) in [6, 6.07) is 8.88. The number of ether oxygens (including phenoxy) is 1. The lowest BCUT2D eigenvalue weighted by Crippen LogP contribution is -2.55. The van der Waals surface area contributed by atoms with E-state index in [0.717, 1.165) is 19.3 Å². The Morgan fingerprint density at radius 3 is 2.65 bits per heavy atom. The van der Waals surface area contributed by atoms with Crippen molar-refractivity contribution in [2.45, 2.75) is 55.1 Å². The molecule has 0 bridgehead atoms. The third-order valence-electron chi connectivity index (χ3n) is 4.75. The van der Waals surface area contributed by atoms with E-state index in [1.54, 1.807) is 24.3 Å². The van der Waals surface area contributed by atoms with E-state index in [-0.39, 0.29) is 5.97 Å². The van der Waals surface area contributed by atoms with Crippen molar-refractivity contribution in [3.63, 3.8) is 0 Å². The summed E-state index contributed by atoms with van der Waals surface area (Å²) in [5, 5.41) is 10.9. The van der Waals surface area contributed by atoms with Crippen LogP contribution in [0.15, 0.2) is 30.3 Å². The zero-order chi connectivity index (χ0) is 14.2. The van der Waals surface area contributed by atoms with Crippen LogP contribution in [0.1, 0.15) is 48.9 Å². The molecule has 3 nitrogen and oxygen atoms in total. The fourth-order valence-electron chi connectivity index (χ4n) is 3.56. The van der Waals surface area contributed by atoms with Crippen LogP contribution in [0, 0.1) is 0 Å². The quantitative estimate of drug-likeness (QED) is 0.672. The van der Waals surface area contributed by atoms with Gasteiger partial charge in [-0.1, -0.05) is 31.0 Å². The van der Waals surface area contributed by atoms with E-state index < -0.39 is 16.6 Å². The van der Waals surface area contributed by atoms with Crippen molar-refractivity contribution in [1.29, 1.82) is 0 Å². The van der Waals surface area contributed by atoms with E-state index >= 15 is 0 Å². The Morgan fingerprint density at radius 1 is 1.20 bits per heavy atom. The van der Waals surface area contributed by atoms with Gasteiger partial charge in [0, 0.05) is 0 Å². The number of rotatable bonds is 2. The summed E-state index contributed by atoms with van der Waals surface area (Å²) in [6.07, 6.45) is 4.23. The molecule has 108 valence electrons. The number of esters is 1. The molecule has 2 saturated carbocycles. The van der Waals surface area contributed by atoms with Gasteiger partial charge in [0.15, 0.2) is 0 Å². The average Bonchev–Trinajstić information content (AvgIpc) is 2.72. The van der Waals surface area contributed by atoms with E-state index in [2.05, 4.69) is 0 Å². The molecule has 0 radical (unpaired) electrons. The van der Waals surface area contributed by atoms with Crippen molar-refractivity contribution in [2.75, 3.05) is 0 Å². The van der Waals surface area contributed by atoms with Gasteiger partial charge < -0.3 is 9.84 Å². The van der Waals surface area contributed by atoms with Gasteiger partial charge >= 0.3 is 5.97 Å². The molecule has 2 aliphatic rings. The number of hydrogen-bond donors (Lipinski definition) is 1. The van der Waals surface area contributed by atoms with Crippen LogP contribution in [0.4, 0.5) is 0 Å². The zero-order valence-electron chi connectivity index (χ0n) is 11.3. The lowest BCUT2D eigenvalue weighted by molar-refractivity contribution is -0.0979. The number of aliphatic hydroxyl groups is 1. The van der Waals surface area contributed by atoms with Crippen molar-refractivity contribution in [2.24, 2.45) is 0 Å². The van der Waals surface area contributed by atoms with Gasteiger partial charge in [-0.25, -0.2) is 4.79 Å². The summed E-state index contributed by atoms with van der Waals surface area (Å²) < 4.78 is 5.56. The second-order valence-electron chi connectivity index (χ2n) is 5.90. The highest BCUT2D eigenvalue weighted by Crippen LogP contribution is 2.54. The van der Waals surface area contributed by atoms with Gasteiger partial charge in [0.25, 0.3) is 0 Å². The highest BCUT2D eigenvalue weighted by molar-refractivity contribution is 6.25. The number of carbonyl (C=O) groups excluding carboxylic acids is 1. The molecule has 3 atom stereocenters. The summed E-state index contributed by atoms with van der Waals surface area (Å²) >= 11 is 6.60. The first-order chi connectivity index (χ1) is 9.55. The Bertz CT molecular complexity index is 504. The maximum absolute atomic E-state index is 12.1. The summed E-state index contributed by atoms with van der Waals surface area (Å²) in [5.74, 6) is -0.379. The van der Waals surface area contributed by atoms with Gasteiger partial charge in [0.1, 0.15) is 11.7 Å². The van der Waals surface area contributed by atoms with Gasteiger partial charge in [-0.05, 0) is 37.8 Å². The molecule has 0 spiro atoms. The predicted octanol–water partition coefficient (Wildman–Crippen LogP) is 3.29. The SMILES string of the molecule is O=C(O[C@H]1CC[C@@]2(Cl)CCCC[C@]12O)c1ccccc1. The Morgan fingerprint density at radius 2 is 1.90 bits per heavy atom. The third-order valence-corrected chi connectivity index (χ3v) is 5.46. The standard InChI is InChI=1S/C16H19ClO3/c17-15-9-4-5-10-16(15,19)13(8-11-15)20-14(18)12-6-2-1-3-7-12/h1-3,6-7,13,19H,4-5,8-11H2/t13-,15-,16-/m0/s1. The number of hydrogen-bond acceptors (Lipinski definition) is 3. The first-order valence-corrected chi connectivity index (χ1v) is 7.60. The van der Waals surface area contributed by atoms with Crippen molar-refractivity contribution < 1.29 is 14.6 Å². The molecule has 4 heteroatoms. The van der Waals surface area contributed by atoms with E-state index in [4.69, 9.17) is 16.3 Å². The molecule has 0 unspecified atom stereocenters. The van der Waals surface area contributed by atoms with Crippen LogP contribution in [-0.4, -0.2) is 27.7 Å². The maximum atomic E-state index is 12.1. The summed E-state index contributed by atoms with van der Waals surface area (Å²) in [6.45, 7) is 0. The minimum absolute atomic E-state index is 0.379. The Balaban J connectivity index is 1.77. The summed E-state index contributed by atoms with van der Waals surface area (Å²) in [5.41, 5.74) is -0.559. The maximum Gasteiger partial charge on any atom is 0.338 e. The number of halogens is 1. The zero-order valence-corrected chi connectivity index (χ0v) is 12.1. The monoisotopic (exact) mass is 294 g/mol. The van der Waals surface area contributed by atoms with Gasteiger partial charge in [-0.2, -0.15) is 0 Å². The van der Waals surface area contributed by atoms with Gasteiger partial charge in [-0.15, -0.1) is 11.6 Å². The van der Waals surface area contributed by atoms with E-state index in [1.807, 2.05) is 6.07 Å². The van der Waals surface area contributed by atoms with Crippen LogP contribution in [-0.2, 0) is 4.74 Å². The molecule has 1 aromatic rings. The lowest BCUT2D eigenvalue weighted by Gasteiger charge is -2.43. The summed E-state index contributed by atoms with van der Waals surface area (Å²) in [4.78, 5) is 11.5. The Labute approximate surface area is 123 Å². The number of benzene rings is 1. The fourth-order valence-corrected chi connectivity index (χ4v) is 4.02. The van der Waals surface area contributed by atoms with Crippen molar-refractivity contribution in [3.8, 4) is 0 Å². The molecule has 1 N–H and O–H groups in total. The van der Waals surface area contributed by atoms with Crippen LogP contribution in [0.2, 0.25) is 0 Å². The van der Waals surface area contributed by atoms with Crippen molar-refractivity contribution in [1.82, 2.24) is 0 Å². The van der Waals surface area contributed by atoms with Gasteiger partial charge in [-0.3, -0.25) is 0 Å². The largest absolute Gasteiger partial charge is 0.456 e. The highest BCUT2D eigenvalue weighted by atomic mass is 35.5. The first-order valence-electron chi connectivity index (χ1n) is 7.22. The molecular weight excluding hydrogens is 276 g/mol. The second kappa shape index (κ2) is 5.05. The Hall–Kier alpha value is -1.06. The lowest BCUT2D eigenvalue weighted by atomic mass is 9.76. The minimum atomic E-state index is -1.07. The van der Waals surface area contributed by atoms with Gasteiger partial charge in [0.2, 0.25) is 0 Å². The highest BCUT2D eigenvalue weighted by Gasteiger charge is 2.61. The third kappa shape index (κ3) is 2.13. The van der Waals surface area contributed by atoms with Crippen LogP contribution < -0.4 is 0 Å². The molecule has 1 aromatic carbocycles. The smallest absolute Gasteiger partial charge is 0.338 e. The van der Waals surface area contributed by atoms with Crippen molar-refractivity contribution in [3.05, 3.63) is 35.9 Å². The Kier molecular flexibility index (Phi) is 3.51. The summed E-state index contributed by atoms with van der Waals surface area (Å²) in [7, 11) is 0. The second-order valence-corrected chi connectivity index (χ2v) is 6.62. The van der Waals surface area contributed by atoms with Crippen molar-refractivity contribution >= 4 is 17.6 Å². The predicted molar refractivity (Wildman–Crippen MR) is 76.9 cm³/mol. The van der Waals surface area contributed by atoms with E-state index in [0.29, 0.717) is 24.8 Å². The minimum Gasteiger partial charge on any atom is -0.456 e. The molecule has 3 rings (SSSR count). The first kappa shape index (κ1) is 13.9. The number of fused-ring (bicyclic) bond motifs is 1. The van der Waals surface area contributed by atoms with E-state index in [1.165, 1.54) is 0 Å². The molecule has 0 aliphatic heterocycles. The van der Waals surface area contributed by atoms with Crippen LogP contribution in [0.25, 0.3) is 0 Å². The number of alkyl halides is 1. The van der Waals surface area contributed by atoms with Crippen LogP contribution in [0.5, 0.6) is 0 Å². The normalized spacial score (nSPS) is 36.4. The fraction of sp³-hybridized carbons (Fsp3) is 0.562. The molecular formula is C16H19ClO3. The molecule has 0 saturated heterocycles. The molecule has 0 aromatic heterocycles. The average molecular weight is 295 g/mol. The van der Waals surface area contributed by atoms with E-state index in [9.17, 15) is 9.90 Å².